The Morgan fingerprint density at radius 1 is 1.20 bits per heavy atom. The van der Waals surface area contributed by atoms with Crippen molar-refractivity contribution in [1.82, 2.24) is 10.2 Å². The Kier molecular flexibility index (Phi) is 3.44. The van der Waals surface area contributed by atoms with Crippen molar-refractivity contribution in [2.45, 2.75) is 0 Å². The van der Waals surface area contributed by atoms with E-state index < -0.39 is 0 Å². The first-order valence-corrected chi connectivity index (χ1v) is 7.46. The summed E-state index contributed by atoms with van der Waals surface area (Å²) in [5.41, 5.74) is 7.29. The van der Waals surface area contributed by atoms with Crippen molar-refractivity contribution in [1.29, 1.82) is 0 Å². The van der Waals surface area contributed by atoms with Crippen LogP contribution in [0.1, 0.15) is 9.67 Å². The molecule has 3 rings (SSSR count). The average Bonchev–Trinajstić information content (AvgIpc) is 3.10. The number of hydrogen-bond donors (Lipinski definition) is 2. The summed E-state index contributed by atoms with van der Waals surface area (Å²) in [7, 11) is 0. The topological polar surface area (TPSA) is 80.9 Å². The van der Waals surface area contributed by atoms with E-state index in [1.54, 1.807) is 6.07 Å². The fourth-order valence-corrected chi connectivity index (χ4v) is 2.98. The predicted octanol–water partition coefficient (Wildman–Crippen LogP) is 3.10. The van der Waals surface area contributed by atoms with Gasteiger partial charge in [-0.15, -0.1) is 21.5 Å². The minimum Gasteiger partial charge on any atom is -0.399 e. The van der Waals surface area contributed by atoms with Crippen LogP contribution in [-0.2, 0) is 0 Å². The van der Waals surface area contributed by atoms with Gasteiger partial charge < -0.3 is 5.73 Å². The molecule has 3 N–H and O–H groups in total. The Balaban J connectivity index is 1.79. The number of carbonyl (C=O) groups is 1. The van der Waals surface area contributed by atoms with E-state index in [0.29, 0.717) is 15.7 Å². The number of anilines is 2. The summed E-state index contributed by atoms with van der Waals surface area (Å²) >= 11 is 2.70. The van der Waals surface area contributed by atoms with Crippen molar-refractivity contribution in [3.8, 4) is 10.6 Å². The van der Waals surface area contributed by atoms with E-state index in [1.807, 2.05) is 35.7 Å². The van der Waals surface area contributed by atoms with Crippen LogP contribution in [-0.4, -0.2) is 16.1 Å². The molecule has 0 aliphatic carbocycles. The number of hydrogen-bond acceptors (Lipinski definition) is 6. The zero-order valence-electron chi connectivity index (χ0n) is 10.2. The van der Waals surface area contributed by atoms with E-state index in [2.05, 4.69) is 15.5 Å². The molecule has 0 unspecified atom stereocenters. The van der Waals surface area contributed by atoms with E-state index in [-0.39, 0.29) is 5.91 Å². The highest BCUT2D eigenvalue weighted by Gasteiger charge is 2.11. The largest absolute Gasteiger partial charge is 0.399 e. The molecule has 0 spiro atoms. The molecule has 7 heteroatoms. The van der Waals surface area contributed by atoms with Crippen molar-refractivity contribution in [2.24, 2.45) is 0 Å². The number of nitrogens with two attached hydrogens (primary N) is 1. The number of benzene rings is 1. The van der Waals surface area contributed by atoms with Crippen LogP contribution in [0, 0.1) is 0 Å². The van der Waals surface area contributed by atoms with Gasteiger partial charge in [0.25, 0.3) is 5.91 Å². The van der Waals surface area contributed by atoms with Gasteiger partial charge in [-0.3, -0.25) is 10.1 Å². The third-order valence-corrected chi connectivity index (χ3v) is 4.28. The second kappa shape index (κ2) is 5.40. The Morgan fingerprint density at radius 2 is 2.10 bits per heavy atom. The van der Waals surface area contributed by atoms with Gasteiger partial charge in [-0.25, -0.2) is 0 Å². The molecule has 0 aliphatic rings. The number of carbonyl (C=O) groups excluding carboxylic acids is 1. The van der Waals surface area contributed by atoms with Crippen LogP contribution in [0.3, 0.4) is 0 Å². The zero-order chi connectivity index (χ0) is 13.9. The molecule has 1 aromatic carbocycles. The van der Waals surface area contributed by atoms with Crippen LogP contribution in [0.15, 0.2) is 41.8 Å². The molecule has 100 valence electrons. The van der Waals surface area contributed by atoms with Crippen LogP contribution in [0.5, 0.6) is 0 Å². The molecule has 0 saturated heterocycles. The van der Waals surface area contributed by atoms with Gasteiger partial charge >= 0.3 is 0 Å². The number of rotatable bonds is 3. The summed E-state index contributed by atoms with van der Waals surface area (Å²) in [4.78, 5) is 12.5. The third kappa shape index (κ3) is 2.68. The lowest BCUT2D eigenvalue weighted by Crippen LogP contribution is -2.09. The first-order chi connectivity index (χ1) is 9.72. The minimum atomic E-state index is -0.171. The predicted molar refractivity (Wildman–Crippen MR) is 82.0 cm³/mol. The maximum atomic E-state index is 11.9. The van der Waals surface area contributed by atoms with Gasteiger partial charge in [0.05, 0.1) is 4.88 Å². The van der Waals surface area contributed by atoms with Gasteiger partial charge in [0, 0.05) is 11.3 Å². The molecule has 2 aromatic heterocycles. The summed E-state index contributed by atoms with van der Waals surface area (Å²) < 4.78 is 0. The molecule has 20 heavy (non-hydrogen) atoms. The minimum absolute atomic E-state index is 0.171. The first kappa shape index (κ1) is 12.8. The molecule has 0 radical (unpaired) electrons. The van der Waals surface area contributed by atoms with E-state index >= 15 is 0 Å². The number of nitrogens with zero attached hydrogens (tertiary/aromatic N) is 2. The Hall–Kier alpha value is -2.25. The van der Waals surface area contributed by atoms with Crippen molar-refractivity contribution in [2.75, 3.05) is 11.1 Å². The smallest absolute Gasteiger partial charge is 0.267 e. The van der Waals surface area contributed by atoms with Crippen molar-refractivity contribution >= 4 is 39.4 Å². The standard InChI is InChI=1S/C13H10N4OS2/c14-9-4-1-3-8(7-9)12-16-17-13(20-12)15-11(18)10-5-2-6-19-10/h1-7H,14H2,(H,15,17,18). The lowest BCUT2D eigenvalue weighted by molar-refractivity contribution is 0.103. The second-order valence-corrected chi connectivity index (χ2v) is 5.89. The lowest BCUT2D eigenvalue weighted by Gasteiger charge is -1.97. The highest BCUT2D eigenvalue weighted by molar-refractivity contribution is 7.18. The third-order valence-electron chi connectivity index (χ3n) is 2.52. The number of nitrogens with one attached hydrogen (secondary N) is 1. The second-order valence-electron chi connectivity index (χ2n) is 3.97. The molecular weight excluding hydrogens is 292 g/mol. The fraction of sp³-hybridized carbons (Fsp3) is 0. The number of amides is 1. The van der Waals surface area contributed by atoms with Crippen LogP contribution in [0.25, 0.3) is 10.6 Å². The normalized spacial score (nSPS) is 10.4. The molecule has 0 fully saturated rings. The number of thiophene rings is 1. The van der Waals surface area contributed by atoms with Gasteiger partial charge in [0.15, 0.2) is 0 Å². The molecule has 5 nitrogen and oxygen atoms in total. The molecule has 0 atom stereocenters. The molecule has 2 heterocycles. The highest BCUT2D eigenvalue weighted by atomic mass is 32.1. The van der Waals surface area contributed by atoms with Crippen LogP contribution in [0.4, 0.5) is 10.8 Å². The van der Waals surface area contributed by atoms with Gasteiger partial charge in [0.1, 0.15) is 5.01 Å². The molecular formula is C13H10N4OS2. The molecule has 0 aliphatic heterocycles. The Morgan fingerprint density at radius 3 is 2.85 bits per heavy atom. The average molecular weight is 302 g/mol. The molecule has 1 amide bonds. The fourth-order valence-electron chi connectivity index (χ4n) is 1.63. The van der Waals surface area contributed by atoms with Gasteiger partial charge in [-0.1, -0.05) is 29.5 Å². The summed E-state index contributed by atoms with van der Waals surface area (Å²) in [6.45, 7) is 0. The Labute approximate surface area is 123 Å². The first-order valence-electron chi connectivity index (χ1n) is 5.76. The lowest BCUT2D eigenvalue weighted by atomic mass is 10.2. The summed E-state index contributed by atoms with van der Waals surface area (Å²) in [5, 5.41) is 13.8. The molecule has 0 saturated carbocycles. The van der Waals surface area contributed by atoms with Gasteiger partial charge in [-0.2, -0.15) is 0 Å². The van der Waals surface area contributed by atoms with Crippen LogP contribution < -0.4 is 11.1 Å². The van der Waals surface area contributed by atoms with Crippen molar-refractivity contribution in [3.05, 3.63) is 46.7 Å². The van der Waals surface area contributed by atoms with Gasteiger partial charge in [-0.05, 0) is 23.6 Å². The molecule has 0 bridgehead atoms. The van der Waals surface area contributed by atoms with Crippen molar-refractivity contribution < 1.29 is 4.79 Å². The van der Waals surface area contributed by atoms with E-state index in [0.717, 1.165) is 10.6 Å². The van der Waals surface area contributed by atoms with E-state index in [9.17, 15) is 4.79 Å². The van der Waals surface area contributed by atoms with E-state index in [4.69, 9.17) is 5.73 Å². The molecule has 3 aromatic rings. The zero-order valence-corrected chi connectivity index (χ0v) is 11.9. The number of aromatic nitrogens is 2. The van der Waals surface area contributed by atoms with Crippen LogP contribution in [0.2, 0.25) is 0 Å². The SMILES string of the molecule is Nc1cccc(-c2nnc(NC(=O)c3cccs3)s2)c1. The van der Waals surface area contributed by atoms with Crippen molar-refractivity contribution in [3.63, 3.8) is 0 Å². The van der Waals surface area contributed by atoms with E-state index in [1.165, 1.54) is 22.7 Å². The Bertz CT molecular complexity index is 736. The number of nitrogen functional groups attached to an aromatic ring is 1. The van der Waals surface area contributed by atoms with Crippen LogP contribution >= 0.6 is 22.7 Å². The summed E-state index contributed by atoms with van der Waals surface area (Å²) in [5.74, 6) is -0.171. The quantitative estimate of drug-likeness (QED) is 0.728. The highest BCUT2D eigenvalue weighted by Crippen LogP contribution is 2.27. The summed E-state index contributed by atoms with van der Waals surface area (Å²) in [6.07, 6.45) is 0. The monoisotopic (exact) mass is 302 g/mol. The maximum Gasteiger partial charge on any atom is 0.267 e. The maximum absolute atomic E-state index is 11.9. The summed E-state index contributed by atoms with van der Waals surface area (Å²) in [6, 6.07) is 11.0. The van der Waals surface area contributed by atoms with Gasteiger partial charge in [0.2, 0.25) is 5.13 Å².